The summed E-state index contributed by atoms with van der Waals surface area (Å²) in [6, 6.07) is 5.71. The molecule has 1 aromatic carbocycles. The van der Waals surface area contributed by atoms with Crippen LogP contribution in [0.3, 0.4) is 0 Å². The van der Waals surface area contributed by atoms with E-state index in [1.54, 1.807) is 6.07 Å². The minimum absolute atomic E-state index is 0.0698. The number of thiophene rings is 1. The van der Waals surface area contributed by atoms with E-state index in [1.165, 1.54) is 29.5 Å². The van der Waals surface area contributed by atoms with Crippen molar-refractivity contribution in [2.45, 2.75) is 6.29 Å². The third kappa shape index (κ3) is 3.04. The number of hydrogen-bond donors (Lipinski definition) is 1. The van der Waals surface area contributed by atoms with Crippen LogP contribution in [0.4, 0.5) is 14.5 Å². The number of carbonyl (C=O) groups is 1. The molecule has 2 heterocycles. The highest BCUT2D eigenvalue weighted by Crippen LogP contribution is 2.42. The lowest BCUT2D eigenvalue weighted by atomic mass is 10.2. The summed E-state index contributed by atoms with van der Waals surface area (Å²) in [5, 5.41) is 2.61. The molecule has 0 atom stereocenters. The summed E-state index contributed by atoms with van der Waals surface area (Å²) in [7, 11) is 0. The van der Waals surface area contributed by atoms with Crippen LogP contribution in [-0.2, 0) is 0 Å². The lowest BCUT2D eigenvalue weighted by Crippen LogP contribution is -2.25. The molecule has 1 aliphatic heterocycles. The zero-order valence-corrected chi connectivity index (χ0v) is 13.9. The van der Waals surface area contributed by atoms with Crippen LogP contribution < -0.4 is 14.8 Å². The van der Waals surface area contributed by atoms with Crippen molar-refractivity contribution in [3.05, 3.63) is 37.4 Å². The summed E-state index contributed by atoms with van der Waals surface area (Å²) in [4.78, 5) is 12.5. The number of carbonyl (C=O) groups excluding carboxylic acids is 1. The molecule has 0 saturated heterocycles. The molecule has 1 N–H and O–H groups in total. The van der Waals surface area contributed by atoms with Gasteiger partial charge in [0.25, 0.3) is 5.91 Å². The minimum atomic E-state index is -3.67. The maximum Gasteiger partial charge on any atom is 0.586 e. The molecule has 1 aromatic heterocycles. The number of anilines is 1. The molecule has 9 heteroatoms. The van der Waals surface area contributed by atoms with Crippen LogP contribution >= 0.6 is 43.2 Å². The summed E-state index contributed by atoms with van der Waals surface area (Å²) < 4.78 is 36.0. The molecule has 110 valence electrons. The van der Waals surface area contributed by atoms with Crippen molar-refractivity contribution in [3.8, 4) is 11.5 Å². The Morgan fingerprint density at radius 3 is 2.57 bits per heavy atom. The minimum Gasteiger partial charge on any atom is -0.395 e. The zero-order chi connectivity index (χ0) is 15.2. The van der Waals surface area contributed by atoms with Crippen molar-refractivity contribution in [2.24, 2.45) is 0 Å². The van der Waals surface area contributed by atoms with Gasteiger partial charge < -0.3 is 14.8 Å². The molecule has 0 aliphatic carbocycles. The van der Waals surface area contributed by atoms with E-state index in [2.05, 4.69) is 46.7 Å². The van der Waals surface area contributed by atoms with Crippen molar-refractivity contribution in [1.29, 1.82) is 0 Å². The molecule has 3 rings (SSSR count). The second-order valence-electron chi connectivity index (χ2n) is 4.02. The SMILES string of the molecule is O=C(Nc1ccc2c(c1)OC(F)(F)O2)c1cc(Br)c(Br)s1. The number of hydrogen-bond acceptors (Lipinski definition) is 4. The van der Waals surface area contributed by atoms with Crippen LogP contribution in [0.5, 0.6) is 11.5 Å². The Morgan fingerprint density at radius 1 is 1.19 bits per heavy atom. The van der Waals surface area contributed by atoms with Gasteiger partial charge in [-0.05, 0) is 50.1 Å². The van der Waals surface area contributed by atoms with E-state index in [4.69, 9.17) is 0 Å². The Morgan fingerprint density at radius 2 is 1.90 bits per heavy atom. The molecule has 2 aromatic rings. The molecule has 0 fully saturated rings. The predicted octanol–water partition coefficient (Wildman–Crippen LogP) is 4.85. The normalized spacial score (nSPS) is 15.0. The van der Waals surface area contributed by atoms with Gasteiger partial charge in [0, 0.05) is 16.2 Å². The van der Waals surface area contributed by atoms with E-state index >= 15 is 0 Å². The smallest absolute Gasteiger partial charge is 0.395 e. The van der Waals surface area contributed by atoms with Gasteiger partial charge in [-0.2, -0.15) is 0 Å². The van der Waals surface area contributed by atoms with Crippen LogP contribution in [0, 0.1) is 0 Å². The Hall–Kier alpha value is -1.19. The molecular formula is C12H5Br2F2NO3S. The van der Waals surface area contributed by atoms with Gasteiger partial charge in [0.15, 0.2) is 11.5 Å². The topological polar surface area (TPSA) is 47.6 Å². The lowest BCUT2D eigenvalue weighted by Gasteiger charge is -2.05. The Balaban J connectivity index is 1.79. The van der Waals surface area contributed by atoms with Crippen LogP contribution in [0.2, 0.25) is 0 Å². The van der Waals surface area contributed by atoms with Gasteiger partial charge in [0.2, 0.25) is 0 Å². The van der Waals surface area contributed by atoms with Crippen molar-refractivity contribution < 1.29 is 23.0 Å². The first-order chi connectivity index (χ1) is 9.84. The fourth-order valence-corrected chi connectivity index (χ4v) is 3.61. The molecule has 1 amide bonds. The number of benzene rings is 1. The van der Waals surface area contributed by atoms with Gasteiger partial charge in [-0.25, -0.2) is 0 Å². The number of rotatable bonds is 2. The monoisotopic (exact) mass is 439 g/mol. The van der Waals surface area contributed by atoms with Crippen molar-refractivity contribution in [2.75, 3.05) is 5.32 Å². The summed E-state index contributed by atoms with van der Waals surface area (Å²) in [5.41, 5.74) is 0.334. The fourth-order valence-electron chi connectivity index (χ4n) is 1.68. The van der Waals surface area contributed by atoms with Gasteiger partial charge >= 0.3 is 6.29 Å². The fraction of sp³-hybridized carbons (Fsp3) is 0.0833. The molecule has 0 unspecified atom stereocenters. The Bertz CT molecular complexity index is 716. The van der Waals surface area contributed by atoms with Gasteiger partial charge in [-0.1, -0.05) is 0 Å². The lowest BCUT2D eigenvalue weighted by molar-refractivity contribution is -0.286. The molecule has 4 nitrogen and oxygen atoms in total. The quantitative estimate of drug-likeness (QED) is 0.726. The molecular weight excluding hydrogens is 436 g/mol. The second kappa shape index (κ2) is 5.22. The van der Waals surface area contributed by atoms with E-state index < -0.39 is 6.29 Å². The Labute approximate surface area is 138 Å². The first-order valence-electron chi connectivity index (χ1n) is 5.50. The number of nitrogens with one attached hydrogen (secondary N) is 1. The highest BCUT2D eigenvalue weighted by Gasteiger charge is 2.43. The molecule has 0 spiro atoms. The van der Waals surface area contributed by atoms with E-state index in [9.17, 15) is 13.6 Å². The highest BCUT2D eigenvalue weighted by atomic mass is 79.9. The van der Waals surface area contributed by atoms with Crippen LogP contribution in [0.15, 0.2) is 32.5 Å². The Kier molecular flexibility index (Phi) is 3.66. The first-order valence-corrected chi connectivity index (χ1v) is 7.90. The molecule has 21 heavy (non-hydrogen) atoms. The summed E-state index contributed by atoms with van der Waals surface area (Å²) in [5.74, 6) is -0.539. The van der Waals surface area contributed by atoms with Crippen LogP contribution in [0.25, 0.3) is 0 Å². The number of ether oxygens (including phenoxy) is 2. The average molecular weight is 441 g/mol. The molecule has 0 radical (unpaired) electrons. The third-order valence-electron chi connectivity index (χ3n) is 2.53. The molecule has 1 aliphatic rings. The number of halogens is 4. The largest absolute Gasteiger partial charge is 0.586 e. The summed E-state index contributed by atoms with van der Waals surface area (Å²) in [6.45, 7) is 0. The number of alkyl halides is 2. The number of amides is 1. The first kappa shape index (κ1) is 14.7. The van der Waals surface area contributed by atoms with Crippen LogP contribution in [-0.4, -0.2) is 12.2 Å². The highest BCUT2D eigenvalue weighted by molar-refractivity contribution is 9.13. The van der Waals surface area contributed by atoms with E-state index in [0.717, 1.165) is 8.26 Å². The van der Waals surface area contributed by atoms with Gasteiger partial charge in [0.1, 0.15) is 0 Å². The van der Waals surface area contributed by atoms with Crippen molar-refractivity contribution in [1.82, 2.24) is 0 Å². The van der Waals surface area contributed by atoms with Gasteiger partial charge in [-0.3, -0.25) is 4.79 Å². The zero-order valence-electron chi connectivity index (χ0n) is 9.95. The van der Waals surface area contributed by atoms with E-state index in [1.807, 2.05) is 0 Å². The van der Waals surface area contributed by atoms with E-state index in [-0.39, 0.29) is 17.4 Å². The average Bonchev–Trinajstić information content (AvgIpc) is 2.87. The molecule has 0 bridgehead atoms. The molecule has 0 saturated carbocycles. The standard InChI is InChI=1S/C12H5Br2F2NO3S/c13-6-4-9(21-10(6)14)11(18)17-5-1-2-7-8(3-5)20-12(15,16)19-7/h1-4H,(H,17,18). The maximum atomic E-state index is 12.9. The van der Waals surface area contributed by atoms with Crippen molar-refractivity contribution >= 4 is 54.8 Å². The summed E-state index contributed by atoms with van der Waals surface area (Å²) in [6.07, 6.45) is -3.67. The third-order valence-corrected chi connectivity index (χ3v) is 5.78. The van der Waals surface area contributed by atoms with Gasteiger partial charge in [0.05, 0.1) is 8.66 Å². The van der Waals surface area contributed by atoms with E-state index in [0.29, 0.717) is 10.6 Å². The van der Waals surface area contributed by atoms with Crippen molar-refractivity contribution in [3.63, 3.8) is 0 Å². The van der Waals surface area contributed by atoms with Gasteiger partial charge in [-0.15, -0.1) is 20.1 Å². The second-order valence-corrected chi connectivity index (χ2v) is 7.24. The van der Waals surface area contributed by atoms with Crippen LogP contribution in [0.1, 0.15) is 9.67 Å². The number of fused-ring (bicyclic) bond motifs is 1. The summed E-state index contributed by atoms with van der Waals surface area (Å²) >= 11 is 7.83. The maximum absolute atomic E-state index is 12.9. The predicted molar refractivity (Wildman–Crippen MR) is 80.3 cm³/mol.